The SMILES string of the molecule is COc1ccc(C(=O)Nc2cc(C)c(O)c(-c3nc4ccccc4o3)c2)cc1OC. The number of anilines is 1. The van der Waals surface area contributed by atoms with Crippen LogP contribution in [0.4, 0.5) is 5.69 Å². The maximum atomic E-state index is 12.8. The van der Waals surface area contributed by atoms with Crippen LogP contribution >= 0.6 is 0 Å². The lowest BCUT2D eigenvalue weighted by molar-refractivity contribution is 0.102. The molecule has 1 aromatic heterocycles. The fourth-order valence-corrected chi connectivity index (χ4v) is 3.18. The number of aryl methyl sites for hydroxylation is 1. The number of carbonyl (C=O) groups is 1. The topological polar surface area (TPSA) is 93.8 Å². The van der Waals surface area contributed by atoms with Crippen LogP contribution in [0.15, 0.2) is 59.0 Å². The summed E-state index contributed by atoms with van der Waals surface area (Å²) < 4.78 is 16.2. The van der Waals surface area contributed by atoms with Gasteiger partial charge in [-0.15, -0.1) is 0 Å². The number of benzene rings is 3. The molecule has 4 rings (SSSR count). The minimum Gasteiger partial charge on any atom is -0.507 e. The van der Waals surface area contributed by atoms with Crippen molar-refractivity contribution in [1.82, 2.24) is 4.98 Å². The second-order valence-corrected chi connectivity index (χ2v) is 6.70. The molecule has 0 saturated heterocycles. The van der Waals surface area contributed by atoms with Crippen molar-refractivity contribution in [1.29, 1.82) is 0 Å². The molecule has 3 aromatic carbocycles. The Morgan fingerprint density at radius 3 is 2.53 bits per heavy atom. The van der Waals surface area contributed by atoms with E-state index in [0.29, 0.717) is 45.0 Å². The molecule has 0 spiro atoms. The molecule has 0 fully saturated rings. The zero-order chi connectivity index (χ0) is 21.3. The van der Waals surface area contributed by atoms with Crippen LogP contribution in [-0.4, -0.2) is 30.2 Å². The quantitative estimate of drug-likeness (QED) is 0.465. The van der Waals surface area contributed by atoms with Gasteiger partial charge < -0.3 is 24.3 Å². The number of phenols is 1. The van der Waals surface area contributed by atoms with Crippen molar-refractivity contribution in [3.8, 4) is 28.7 Å². The highest BCUT2D eigenvalue weighted by Gasteiger charge is 2.17. The summed E-state index contributed by atoms with van der Waals surface area (Å²) in [4.78, 5) is 17.2. The number of phenolic OH excluding ortho intramolecular Hbond substituents is 1. The number of aromatic nitrogens is 1. The zero-order valence-electron chi connectivity index (χ0n) is 16.7. The summed E-state index contributed by atoms with van der Waals surface area (Å²) in [5, 5.41) is 13.4. The van der Waals surface area contributed by atoms with Crippen LogP contribution in [0.2, 0.25) is 0 Å². The largest absolute Gasteiger partial charge is 0.507 e. The van der Waals surface area contributed by atoms with Gasteiger partial charge in [0.1, 0.15) is 11.3 Å². The average molecular weight is 404 g/mol. The molecule has 1 heterocycles. The van der Waals surface area contributed by atoms with Crippen molar-refractivity contribution in [3.05, 3.63) is 65.7 Å². The molecular weight excluding hydrogens is 384 g/mol. The Balaban J connectivity index is 1.68. The number of methoxy groups -OCH3 is 2. The van der Waals surface area contributed by atoms with Gasteiger partial charge in [0.2, 0.25) is 5.89 Å². The van der Waals surface area contributed by atoms with Crippen LogP contribution in [0.5, 0.6) is 17.2 Å². The van der Waals surface area contributed by atoms with Gasteiger partial charge in [0.05, 0.1) is 19.8 Å². The second kappa shape index (κ2) is 7.79. The number of hydrogen-bond acceptors (Lipinski definition) is 6. The predicted octanol–water partition coefficient (Wildman–Crippen LogP) is 4.78. The highest BCUT2D eigenvalue weighted by molar-refractivity contribution is 6.05. The second-order valence-electron chi connectivity index (χ2n) is 6.70. The molecule has 0 aliphatic heterocycles. The van der Waals surface area contributed by atoms with E-state index in [2.05, 4.69) is 10.3 Å². The van der Waals surface area contributed by atoms with Gasteiger partial charge in [-0.05, 0) is 55.0 Å². The van der Waals surface area contributed by atoms with Gasteiger partial charge in [-0.1, -0.05) is 12.1 Å². The first-order chi connectivity index (χ1) is 14.5. The number of nitrogens with zero attached hydrogens (tertiary/aromatic N) is 1. The minimum atomic E-state index is -0.329. The Morgan fingerprint density at radius 1 is 1.03 bits per heavy atom. The van der Waals surface area contributed by atoms with Crippen LogP contribution in [0.25, 0.3) is 22.6 Å². The number of carbonyl (C=O) groups excluding carboxylic acids is 1. The zero-order valence-corrected chi connectivity index (χ0v) is 16.7. The molecular formula is C23H20N2O5. The number of ether oxygens (including phenoxy) is 2. The molecule has 0 atom stereocenters. The number of oxazole rings is 1. The third-order valence-corrected chi connectivity index (χ3v) is 4.73. The lowest BCUT2D eigenvalue weighted by Crippen LogP contribution is -2.12. The first-order valence-electron chi connectivity index (χ1n) is 9.23. The molecule has 4 aromatic rings. The van der Waals surface area contributed by atoms with Gasteiger partial charge in [-0.3, -0.25) is 4.79 Å². The van der Waals surface area contributed by atoms with E-state index in [1.807, 2.05) is 18.2 Å². The highest BCUT2D eigenvalue weighted by atomic mass is 16.5. The first kappa shape index (κ1) is 19.3. The maximum Gasteiger partial charge on any atom is 0.255 e. The summed E-state index contributed by atoms with van der Waals surface area (Å²) in [6, 6.07) is 15.6. The summed E-state index contributed by atoms with van der Waals surface area (Å²) >= 11 is 0. The summed E-state index contributed by atoms with van der Waals surface area (Å²) in [6.07, 6.45) is 0. The predicted molar refractivity (Wildman–Crippen MR) is 113 cm³/mol. The molecule has 7 nitrogen and oxygen atoms in total. The van der Waals surface area contributed by atoms with Gasteiger partial charge in [0.15, 0.2) is 17.1 Å². The summed E-state index contributed by atoms with van der Waals surface area (Å²) in [6.45, 7) is 1.74. The van der Waals surface area contributed by atoms with Crippen molar-refractivity contribution >= 4 is 22.7 Å². The van der Waals surface area contributed by atoms with Crippen LogP contribution in [0, 0.1) is 6.92 Å². The lowest BCUT2D eigenvalue weighted by atomic mass is 10.1. The van der Waals surface area contributed by atoms with E-state index in [9.17, 15) is 9.90 Å². The Labute approximate surface area is 172 Å². The summed E-state index contributed by atoms with van der Waals surface area (Å²) in [5.41, 5.74) is 3.18. The van der Waals surface area contributed by atoms with Gasteiger partial charge >= 0.3 is 0 Å². The van der Waals surface area contributed by atoms with Gasteiger partial charge in [0.25, 0.3) is 5.91 Å². The van der Waals surface area contributed by atoms with Crippen molar-refractivity contribution in [2.24, 2.45) is 0 Å². The number of fused-ring (bicyclic) bond motifs is 1. The number of para-hydroxylation sites is 2. The molecule has 0 bridgehead atoms. The summed E-state index contributed by atoms with van der Waals surface area (Å²) in [7, 11) is 3.04. The Kier molecular flexibility index (Phi) is 5.02. The third-order valence-electron chi connectivity index (χ3n) is 4.73. The van der Waals surface area contributed by atoms with E-state index >= 15 is 0 Å². The van der Waals surface area contributed by atoms with Gasteiger partial charge in [-0.25, -0.2) is 4.98 Å². The number of rotatable bonds is 5. The lowest BCUT2D eigenvalue weighted by Gasteiger charge is -2.12. The van der Waals surface area contributed by atoms with Gasteiger partial charge in [-0.2, -0.15) is 0 Å². The number of aromatic hydroxyl groups is 1. The Hall–Kier alpha value is -4.00. The third kappa shape index (κ3) is 3.53. The van der Waals surface area contributed by atoms with E-state index in [1.54, 1.807) is 43.3 Å². The normalized spacial score (nSPS) is 10.8. The molecule has 1 amide bonds. The van der Waals surface area contributed by atoms with Crippen LogP contribution in [0.3, 0.4) is 0 Å². The first-order valence-corrected chi connectivity index (χ1v) is 9.23. The van der Waals surface area contributed by atoms with Crippen LogP contribution in [0.1, 0.15) is 15.9 Å². The molecule has 0 unspecified atom stereocenters. The minimum absolute atomic E-state index is 0.0469. The number of nitrogens with one attached hydrogen (secondary N) is 1. The molecule has 0 aliphatic carbocycles. The van der Waals surface area contributed by atoms with Crippen molar-refractivity contribution < 1.29 is 23.8 Å². The Bertz CT molecular complexity index is 1210. The van der Waals surface area contributed by atoms with E-state index in [1.165, 1.54) is 14.2 Å². The average Bonchev–Trinajstić information content (AvgIpc) is 3.19. The molecule has 0 saturated carbocycles. The van der Waals surface area contributed by atoms with E-state index in [-0.39, 0.29) is 17.5 Å². The number of hydrogen-bond donors (Lipinski definition) is 2. The number of amides is 1. The van der Waals surface area contributed by atoms with Gasteiger partial charge in [0, 0.05) is 11.3 Å². The molecule has 30 heavy (non-hydrogen) atoms. The maximum absolute atomic E-state index is 12.8. The standard InChI is InChI=1S/C23H20N2O5/c1-13-10-15(24-22(27)14-8-9-19(28-2)20(11-14)29-3)12-16(21(13)26)23-25-17-6-4-5-7-18(17)30-23/h4-12,26H,1-3H3,(H,24,27). The fraction of sp³-hybridized carbons (Fsp3) is 0.130. The molecule has 7 heteroatoms. The summed E-state index contributed by atoms with van der Waals surface area (Å²) in [5.74, 6) is 0.987. The van der Waals surface area contributed by atoms with Crippen LogP contribution in [-0.2, 0) is 0 Å². The van der Waals surface area contributed by atoms with Crippen molar-refractivity contribution in [2.75, 3.05) is 19.5 Å². The van der Waals surface area contributed by atoms with Crippen molar-refractivity contribution in [3.63, 3.8) is 0 Å². The highest BCUT2D eigenvalue weighted by Crippen LogP contribution is 2.36. The van der Waals surface area contributed by atoms with Crippen LogP contribution < -0.4 is 14.8 Å². The van der Waals surface area contributed by atoms with E-state index in [4.69, 9.17) is 13.9 Å². The molecule has 2 N–H and O–H groups in total. The van der Waals surface area contributed by atoms with E-state index in [0.717, 1.165) is 0 Å². The molecule has 152 valence electrons. The van der Waals surface area contributed by atoms with Crippen molar-refractivity contribution in [2.45, 2.75) is 6.92 Å². The fourth-order valence-electron chi connectivity index (χ4n) is 3.18. The Morgan fingerprint density at radius 2 is 1.80 bits per heavy atom. The monoisotopic (exact) mass is 404 g/mol. The molecule has 0 aliphatic rings. The smallest absolute Gasteiger partial charge is 0.255 e. The molecule has 0 radical (unpaired) electrons. The van der Waals surface area contributed by atoms with E-state index < -0.39 is 0 Å².